The average molecular weight is 280 g/mol. The molecule has 2 rings (SSSR count). The Labute approximate surface area is 113 Å². The number of hydrogen-bond acceptors (Lipinski definition) is 3. The molecule has 20 heavy (non-hydrogen) atoms. The van der Waals surface area contributed by atoms with E-state index in [0.29, 0.717) is 30.7 Å². The third kappa shape index (κ3) is 2.20. The van der Waals surface area contributed by atoms with Gasteiger partial charge in [0.1, 0.15) is 23.1 Å². The van der Waals surface area contributed by atoms with E-state index in [9.17, 15) is 13.2 Å². The standard InChI is InChI=1S/C13H11F3N4/c1-2-3-11-7(6-17)13(18)20(19-11)12-5-9(15)8(14)4-10(12)16/h4-5H,2-3,18H2,1H3. The Morgan fingerprint density at radius 3 is 2.50 bits per heavy atom. The number of aryl methyl sites for hydroxylation is 1. The Kier molecular flexibility index (Phi) is 3.66. The smallest absolute Gasteiger partial charge is 0.161 e. The summed E-state index contributed by atoms with van der Waals surface area (Å²) in [5.74, 6) is -3.62. The van der Waals surface area contributed by atoms with Crippen molar-refractivity contribution < 1.29 is 13.2 Å². The Balaban J connectivity index is 2.65. The highest BCUT2D eigenvalue weighted by atomic mass is 19.2. The molecule has 0 saturated carbocycles. The van der Waals surface area contributed by atoms with E-state index in [1.165, 1.54) is 0 Å². The molecule has 0 amide bonds. The lowest BCUT2D eigenvalue weighted by Gasteiger charge is -2.06. The van der Waals surface area contributed by atoms with Gasteiger partial charge < -0.3 is 5.73 Å². The lowest BCUT2D eigenvalue weighted by atomic mass is 10.2. The zero-order valence-electron chi connectivity index (χ0n) is 10.6. The number of rotatable bonds is 3. The number of anilines is 1. The van der Waals surface area contributed by atoms with Crippen LogP contribution in [0, 0.1) is 28.8 Å². The highest BCUT2D eigenvalue weighted by Gasteiger charge is 2.19. The van der Waals surface area contributed by atoms with Crippen LogP contribution in [0.15, 0.2) is 12.1 Å². The van der Waals surface area contributed by atoms with Gasteiger partial charge in [-0.3, -0.25) is 0 Å². The zero-order chi connectivity index (χ0) is 14.9. The average Bonchev–Trinajstić information content (AvgIpc) is 2.71. The zero-order valence-corrected chi connectivity index (χ0v) is 10.6. The van der Waals surface area contributed by atoms with E-state index in [1.807, 2.05) is 13.0 Å². The van der Waals surface area contributed by atoms with Crippen molar-refractivity contribution in [3.05, 3.63) is 40.8 Å². The molecule has 2 aromatic rings. The van der Waals surface area contributed by atoms with Gasteiger partial charge in [-0.15, -0.1) is 0 Å². The fraction of sp³-hybridized carbons (Fsp3) is 0.231. The minimum Gasteiger partial charge on any atom is -0.382 e. The van der Waals surface area contributed by atoms with Crippen LogP contribution in [0.1, 0.15) is 24.6 Å². The number of aromatic nitrogens is 2. The van der Waals surface area contributed by atoms with Gasteiger partial charge in [-0.1, -0.05) is 13.3 Å². The van der Waals surface area contributed by atoms with E-state index >= 15 is 0 Å². The fourth-order valence-electron chi connectivity index (χ4n) is 1.87. The fourth-order valence-corrected chi connectivity index (χ4v) is 1.87. The highest BCUT2D eigenvalue weighted by Crippen LogP contribution is 2.24. The number of nitriles is 1. The van der Waals surface area contributed by atoms with Crippen molar-refractivity contribution in [1.29, 1.82) is 5.26 Å². The summed E-state index contributed by atoms with van der Waals surface area (Å²) in [6.07, 6.45) is 1.19. The third-order valence-electron chi connectivity index (χ3n) is 2.81. The van der Waals surface area contributed by atoms with Crippen molar-refractivity contribution in [2.24, 2.45) is 0 Å². The molecule has 0 atom stereocenters. The summed E-state index contributed by atoms with van der Waals surface area (Å²) in [7, 11) is 0. The maximum Gasteiger partial charge on any atom is 0.161 e. The molecule has 2 N–H and O–H groups in total. The van der Waals surface area contributed by atoms with Gasteiger partial charge in [0.05, 0.1) is 5.69 Å². The van der Waals surface area contributed by atoms with Crippen LogP contribution < -0.4 is 5.73 Å². The van der Waals surface area contributed by atoms with Crippen molar-refractivity contribution in [2.45, 2.75) is 19.8 Å². The van der Waals surface area contributed by atoms with Gasteiger partial charge in [-0.25, -0.2) is 17.9 Å². The molecule has 0 aliphatic heterocycles. The van der Waals surface area contributed by atoms with Crippen LogP contribution >= 0.6 is 0 Å². The maximum absolute atomic E-state index is 13.7. The Morgan fingerprint density at radius 2 is 1.90 bits per heavy atom. The summed E-state index contributed by atoms with van der Waals surface area (Å²) < 4.78 is 40.8. The van der Waals surface area contributed by atoms with Crippen molar-refractivity contribution in [1.82, 2.24) is 9.78 Å². The van der Waals surface area contributed by atoms with Gasteiger partial charge in [0.2, 0.25) is 0 Å². The molecule has 0 bridgehead atoms. The predicted molar refractivity (Wildman–Crippen MR) is 66.6 cm³/mol. The molecule has 1 heterocycles. The molecule has 0 fully saturated rings. The van der Waals surface area contributed by atoms with Gasteiger partial charge in [-0.2, -0.15) is 10.4 Å². The summed E-state index contributed by atoms with van der Waals surface area (Å²) in [6.45, 7) is 1.88. The molecule has 4 nitrogen and oxygen atoms in total. The number of halogens is 3. The van der Waals surface area contributed by atoms with Crippen LogP contribution in [0.3, 0.4) is 0 Å². The highest BCUT2D eigenvalue weighted by molar-refractivity contribution is 5.56. The second-order valence-electron chi connectivity index (χ2n) is 4.20. The van der Waals surface area contributed by atoms with Crippen molar-refractivity contribution >= 4 is 5.82 Å². The van der Waals surface area contributed by atoms with E-state index in [-0.39, 0.29) is 17.1 Å². The van der Waals surface area contributed by atoms with E-state index in [2.05, 4.69) is 5.10 Å². The van der Waals surface area contributed by atoms with Crippen molar-refractivity contribution in [3.63, 3.8) is 0 Å². The molecule has 0 aliphatic carbocycles. The maximum atomic E-state index is 13.7. The predicted octanol–water partition coefficient (Wildman–Crippen LogP) is 2.70. The molecule has 0 radical (unpaired) electrons. The van der Waals surface area contributed by atoms with E-state index in [0.717, 1.165) is 4.68 Å². The minimum atomic E-state index is -1.30. The first kappa shape index (κ1) is 13.9. The first-order valence-corrected chi connectivity index (χ1v) is 5.92. The van der Waals surface area contributed by atoms with E-state index in [1.54, 1.807) is 0 Å². The van der Waals surface area contributed by atoms with Gasteiger partial charge in [0, 0.05) is 12.1 Å². The van der Waals surface area contributed by atoms with Gasteiger partial charge in [0.25, 0.3) is 0 Å². The van der Waals surface area contributed by atoms with Gasteiger partial charge in [-0.05, 0) is 6.42 Å². The van der Waals surface area contributed by atoms with Crippen molar-refractivity contribution in [3.8, 4) is 11.8 Å². The second-order valence-corrected chi connectivity index (χ2v) is 4.20. The Morgan fingerprint density at radius 1 is 1.25 bits per heavy atom. The number of nitrogens with two attached hydrogens (primary N) is 1. The largest absolute Gasteiger partial charge is 0.382 e. The molecule has 104 valence electrons. The number of benzene rings is 1. The first-order chi connectivity index (χ1) is 9.49. The third-order valence-corrected chi connectivity index (χ3v) is 2.81. The second kappa shape index (κ2) is 5.25. The van der Waals surface area contributed by atoms with Crippen LogP contribution in [0.4, 0.5) is 19.0 Å². The molecule has 0 saturated heterocycles. The Bertz CT molecular complexity index is 701. The first-order valence-electron chi connectivity index (χ1n) is 5.92. The number of hydrogen-bond donors (Lipinski definition) is 1. The SMILES string of the molecule is CCCc1nn(-c2cc(F)c(F)cc2F)c(N)c1C#N. The molecule has 0 unspecified atom stereocenters. The quantitative estimate of drug-likeness (QED) is 0.879. The molecule has 1 aromatic carbocycles. The Hall–Kier alpha value is -2.49. The monoisotopic (exact) mass is 280 g/mol. The molecule has 1 aromatic heterocycles. The van der Waals surface area contributed by atoms with E-state index < -0.39 is 17.5 Å². The van der Waals surface area contributed by atoms with Crippen molar-refractivity contribution in [2.75, 3.05) is 5.73 Å². The lowest BCUT2D eigenvalue weighted by Crippen LogP contribution is -2.06. The van der Waals surface area contributed by atoms with Gasteiger partial charge >= 0.3 is 0 Å². The summed E-state index contributed by atoms with van der Waals surface area (Å²) >= 11 is 0. The topological polar surface area (TPSA) is 67.6 Å². The summed E-state index contributed by atoms with van der Waals surface area (Å²) in [5, 5.41) is 13.1. The molecule has 7 heteroatoms. The van der Waals surface area contributed by atoms with Crippen LogP contribution in [0.2, 0.25) is 0 Å². The molecular weight excluding hydrogens is 269 g/mol. The number of nitrogen functional groups attached to an aromatic ring is 1. The van der Waals surface area contributed by atoms with E-state index in [4.69, 9.17) is 11.0 Å². The van der Waals surface area contributed by atoms with Crippen LogP contribution in [0.5, 0.6) is 0 Å². The van der Waals surface area contributed by atoms with Crippen LogP contribution in [-0.2, 0) is 6.42 Å². The van der Waals surface area contributed by atoms with Gasteiger partial charge in [0.15, 0.2) is 17.5 Å². The minimum absolute atomic E-state index is 0.0964. The number of nitrogens with zero attached hydrogens (tertiary/aromatic N) is 3. The summed E-state index contributed by atoms with van der Waals surface area (Å²) in [6, 6.07) is 2.96. The summed E-state index contributed by atoms with van der Waals surface area (Å²) in [4.78, 5) is 0. The molecule has 0 spiro atoms. The van der Waals surface area contributed by atoms with Crippen LogP contribution in [-0.4, -0.2) is 9.78 Å². The van der Waals surface area contributed by atoms with Crippen LogP contribution in [0.25, 0.3) is 5.69 Å². The lowest BCUT2D eigenvalue weighted by molar-refractivity contribution is 0.491. The molecule has 0 aliphatic rings. The molecular formula is C13H11F3N4. The normalized spacial score (nSPS) is 10.6. The summed E-state index contributed by atoms with van der Waals surface area (Å²) in [5.41, 5.74) is 5.92.